The molecule has 3 aromatic rings. The zero-order valence-electron chi connectivity index (χ0n) is 19.6. The molecule has 0 unspecified atom stereocenters. The Morgan fingerprint density at radius 3 is 1.12 bits per heavy atom. The fourth-order valence-corrected chi connectivity index (χ4v) is 4.04. The SMILES string of the molecule is c1ccc(CCCCNCCc2ccc(CCNCCCCc3ccccc3)cc2)cc1. The smallest absolute Gasteiger partial charge is 0.000835 e. The lowest BCUT2D eigenvalue weighted by Crippen LogP contribution is -2.19. The Kier molecular flexibility index (Phi) is 11.7. The van der Waals surface area contributed by atoms with Crippen molar-refractivity contribution in [1.82, 2.24) is 10.6 Å². The van der Waals surface area contributed by atoms with Crippen LogP contribution in [0.25, 0.3) is 0 Å². The van der Waals surface area contributed by atoms with Gasteiger partial charge in [-0.1, -0.05) is 84.9 Å². The molecule has 0 fully saturated rings. The minimum atomic E-state index is 1.06. The molecule has 0 aliphatic carbocycles. The molecule has 0 saturated heterocycles. The molecular weight excluding hydrogens is 388 g/mol. The van der Waals surface area contributed by atoms with Gasteiger partial charge in [-0.05, 0) is 99.8 Å². The number of nitrogens with one attached hydrogen (secondary N) is 2. The number of hydrogen-bond acceptors (Lipinski definition) is 2. The summed E-state index contributed by atoms with van der Waals surface area (Å²) in [6.45, 7) is 4.36. The van der Waals surface area contributed by atoms with Crippen molar-refractivity contribution in [2.45, 2.75) is 51.4 Å². The van der Waals surface area contributed by atoms with E-state index in [1.54, 1.807) is 0 Å². The fraction of sp³-hybridized carbons (Fsp3) is 0.400. The second kappa shape index (κ2) is 15.4. The standard InChI is InChI=1S/C30H40N2/c1-3-11-27(12-4-1)15-7-9-23-31-25-21-29-17-19-30(20-18-29)22-26-32-24-10-8-16-28-13-5-2-6-14-28/h1-6,11-14,17-20,31-32H,7-10,15-16,21-26H2. The highest BCUT2D eigenvalue weighted by Crippen LogP contribution is 2.07. The highest BCUT2D eigenvalue weighted by Gasteiger charge is 1.98. The van der Waals surface area contributed by atoms with Crippen LogP contribution in [-0.4, -0.2) is 26.2 Å². The summed E-state index contributed by atoms with van der Waals surface area (Å²) in [6.07, 6.45) is 9.59. The van der Waals surface area contributed by atoms with Gasteiger partial charge in [0.2, 0.25) is 0 Å². The van der Waals surface area contributed by atoms with E-state index in [0.717, 1.165) is 39.0 Å². The van der Waals surface area contributed by atoms with Gasteiger partial charge in [-0.25, -0.2) is 0 Å². The van der Waals surface area contributed by atoms with Crippen LogP contribution in [0.1, 0.15) is 47.9 Å². The fourth-order valence-electron chi connectivity index (χ4n) is 4.04. The molecule has 32 heavy (non-hydrogen) atoms. The van der Waals surface area contributed by atoms with Crippen LogP contribution >= 0.6 is 0 Å². The van der Waals surface area contributed by atoms with Gasteiger partial charge in [0, 0.05) is 0 Å². The molecule has 0 atom stereocenters. The van der Waals surface area contributed by atoms with Crippen LogP contribution in [0.5, 0.6) is 0 Å². The number of aryl methyl sites for hydroxylation is 2. The molecular formula is C30H40N2. The van der Waals surface area contributed by atoms with Gasteiger partial charge in [0.25, 0.3) is 0 Å². The number of rotatable bonds is 16. The number of hydrogen-bond donors (Lipinski definition) is 2. The molecule has 2 heteroatoms. The molecule has 0 amide bonds. The topological polar surface area (TPSA) is 24.1 Å². The van der Waals surface area contributed by atoms with Crippen molar-refractivity contribution in [1.29, 1.82) is 0 Å². The van der Waals surface area contributed by atoms with E-state index < -0.39 is 0 Å². The van der Waals surface area contributed by atoms with Crippen molar-refractivity contribution >= 4 is 0 Å². The van der Waals surface area contributed by atoms with Crippen LogP contribution in [0.3, 0.4) is 0 Å². The predicted octanol–water partition coefficient (Wildman–Crippen LogP) is 6.00. The molecule has 3 aromatic carbocycles. The Hall–Kier alpha value is -2.42. The quantitative estimate of drug-likeness (QED) is 0.274. The lowest BCUT2D eigenvalue weighted by Gasteiger charge is -2.08. The monoisotopic (exact) mass is 428 g/mol. The van der Waals surface area contributed by atoms with E-state index in [4.69, 9.17) is 0 Å². The van der Waals surface area contributed by atoms with Gasteiger partial charge in [-0.3, -0.25) is 0 Å². The van der Waals surface area contributed by atoms with Crippen LogP contribution in [-0.2, 0) is 25.7 Å². The number of benzene rings is 3. The first-order valence-corrected chi connectivity index (χ1v) is 12.5. The maximum absolute atomic E-state index is 3.59. The average Bonchev–Trinajstić information content (AvgIpc) is 2.85. The zero-order valence-corrected chi connectivity index (χ0v) is 19.6. The molecule has 0 heterocycles. The Labute approximate surface area is 195 Å². The van der Waals surface area contributed by atoms with Crippen LogP contribution < -0.4 is 10.6 Å². The summed E-state index contributed by atoms with van der Waals surface area (Å²) >= 11 is 0. The Bertz CT molecular complexity index is 755. The summed E-state index contributed by atoms with van der Waals surface area (Å²) in [5, 5.41) is 7.19. The summed E-state index contributed by atoms with van der Waals surface area (Å²) in [5.74, 6) is 0. The first-order chi connectivity index (χ1) is 15.9. The normalized spacial score (nSPS) is 11.0. The van der Waals surface area contributed by atoms with E-state index in [1.807, 2.05) is 0 Å². The Balaban J connectivity index is 1.16. The minimum absolute atomic E-state index is 1.06. The molecule has 0 bridgehead atoms. The molecule has 2 N–H and O–H groups in total. The lowest BCUT2D eigenvalue weighted by atomic mass is 10.1. The number of unbranched alkanes of at least 4 members (excludes halogenated alkanes) is 2. The molecule has 0 spiro atoms. The maximum Gasteiger partial charge on any atom is -0.000835 e. The second-order valence-corrected chi connectivity index (χ2v) is 8.70. The van der Waals surface area contributed by atoms with Crippen molar-refractivity contribution in [3.63, 3.8) is 0 Å². The van der Waals surface area contributed by atoms with E-state index in [1.165, 1.54) is 60.8 Å². The van der Waals surface area contributed by atoms with Gasteiger partial charge >= 0.3 is 0 Å². The van der Waals surface area contributed by atoms with Gasteiger partial charge in [0.05, 0.1) is 0 Å². The summed E-state index contributed by atoms with van der Waals surface area (Å²) in [5.41, 5.74) is 5.76. The molecule has 0 aromatic heterocycles. The largest absolute Gasteiger partial charge is 0.316 e. The van der Waals surface area contributed by atoms with Crippen molar-refractivity contribution in [2.24, 2.45) is 0 Å². The average molecular weight is 429 g/mol. The van der Waals surface area contributed by atoms with E-state index in [0.29, 0.717) is 0 Å². The molecule has 0 saturated carbocycles. The first kappa shape index (κ1) is 24.2. The molecule has 2 nitrogen and oxygen atoms in total. The molecule has 3 rings (SSSR count). The highest BCUT2D eigenvalue weighted by molar-refractivity contribution is 5.23. The third-order valence-electron chi connectivity index (χ3n) is 6.03. The van der Waals surface area contributed by atoms with Gasteiger partial charge in [-0.2, -0.15) is 0 Å². The molecule has 0 radical (unpaired) electrons. The summed E-state index contributed by atoms with van der Waals surface area (Å²) < 4.78 is 0. The highest BCUT2D eigenvalue weighted by atomic mass is 14.8. The second-order valence-electron chi connectivity index (χ2n) is 8.70. The molecule has 0 aliphatic heterocycles. The maximum atomic E-state index is 3.59. The van der Waals surface area contributed by atoms with Crippen LogP contribution in [0.15, 0.2) is 84.9 Å². The van der Waals surface area contributed by atoms with Gasteiger partial charge < -0.3 is 10.6 Å². The summed E-state index contributed by atoms with van der Waals surface area (Å²) in [7, 11) is 0. The van der Waals surface area contributed by atoms with Crippen LogP contribution in [0.4, 0.5) is 0 Å². The van der Waals surface area contributed by atoms with E-state index in [9.17, 15) is 0 Å². The Morgan fingerprint density at radius 1 is 0.344 bits per heavy atom. The van der Waals surface area contributed by atoms with E-state index in [-0.39, 0.29) is 0 Å². The molecule has 170 valence electrons. The van der Waals surface area contributed by atoms with Crippen molar-refractivity contribution in [2.75, 3.05) is 26.2 Å². The van der Waals surface area contributed by atoms with E-state index >= 15 is 0 Å². The molecule has 0 aliphatic rings. The van der Waals surface area contributed by atoms with Crippen LogP contribution in [0.2, 0.25) is 0 Å². The van der Waals surface area contributed by atoms with Crippen molar-refractivity contribution in [3.8, 4) is 0 Å². The third kappa shape index (κ3) is 10.3. The van der Waals surface area contributed by atoms with Crippen molar-refractivity contribution in [3.05, 3.63) is 107 Å². The minimum Gasteiger partial charge on any atom is -0.316 e. The summed E-state index contributed by atoms with van der Waals surface area (Å²) in [6, 6.07) is 30.8. The third-order valence-corrected chi connectivity index (χ3v) is 6.03. The van der Waals surface area contributed by atoms with Gasteiger partial charge in [0.1, 0.15) is 0 Å². The van der Waals surface area contributed by atoms with Gasteiger partial charge in [-0.15, -0.1) is 0 Å². The summed E-state index contributed by atoms with van der Waals surface area (Å²) in [4.78, 5) is 0. The van der Waals surface area contributed by atoms with Crippen LogP contribution in [0, 0.1) is 0 Å². The first-order valence-electron chi connectivity index (χ1n) is 12.5. The van der Waals surface area contributed by atoms with Crippen molar-refractivity contribution < 1.29 is 0 Å². The lowest BCUT2D eigenvalue weighted by molar-refractivity contribution is 0.621. The Morgan fingerprint density at radius 2 is 0.719 bits per heavy atom. The van der Waals surface area contributed by atoms with E-state index in [2.05, 4.69) is 95.6 Å². The van der Waals surface area contributed by atoms with Gasteiger partial charge in [0.15, 0.2) is 0 Å². The predicted molar refractivity (Wildman–Crippen MR) is 138 cm³/mol. The zero-order chi connectivity index (χ0) is 22.1.